The number of nitrogens with one attached hydrogen (secondary N) is 2. The summed E-state index contributed by atoms with van der Waals surface area (Å²) < 4.78 is 13.0. The number of halogens is 1. The van der Waals surface area contributed by atoms with Crippen LogP contribution in [0, 0.1) is 24.7 Å². The molecule has 2 fully saturated rings. The largest absolute Gasteiger partial charge is 0.493 e. The van der Waals surface area contributed by atoms with Crippen molar-refractivity contribution in [1.29, 1.82) is 0 Å². The molecule has 0 saturated heterocycles. The maximum atomic E-state index is 13.0. The molecule has 1 atom stereocenters. The van der Waals surface area contributed by atoms with E-state index in [1.807, 2.05) is 31.2 Å². The summed E-state index contributed by atoms with van der Waals surface area (Å²) in [5.41, 5.74) is 1.99. The first-order chi connectivity index (χ1) is 23.4. The van der Waals surface area contributed by atoms with E-state index >= 15 is 0 Å². The number of carbonyl (C=O) groups excluding carboxylic acids is 1. The van der Waals surface area contributed by atoms with Crippen LogP contribution in [0.4, 0.5) is 5.82 Å². The Morgan fingerprint density at radius 1 is 0.896 bits per heavy atom. The standard InChI is InChI=1S/C40H57BrN4O3/c1-28(32-20-15-21-33(41)24-32)43-40-35-25-37(47-3)38(27-36(35)44-29(2)45-40)48-23-14-6-4-5-13-22-42-39(46)26-34(30-16-9-7-10-17-30)31-18-11-8-12-19-31/h15,20-21,24-25,27-28,30-31,34H,4-14,16-19,22-23,26H2,1-3H3,(H,42,46)(H,43,44,45)/t28-/m1/s1. The Balaban J connectivity index is 1.03. The van der Waals surface area contributed by atoms with Crippen LogP contribution in [0.3, 0.4) is 0 Å². The molecule has 0 bridgehead atoms. The molecule has 48 heavy (non-hydrogen) atoms. The molecule has 5 rings (SSSR count). The molecule has 262 valence electrons. The SMILES string of the molecule is COc1cc2c(N[C@H](C)c3cccc(Br)c3)nc(C)nc2cc1OCCCCCCCNC(=O)CC(C1CCCCC1)C1CCCCC1. The molecule has 1 amide bonds. The first-order valence-electron chi connectivity index (χ1n) is 18.7. The van der Waals surface area contributed by atoms with Crippen LogP contribution in [0.5, 0.6) is 11.5 Å². The van der Waals surface area contributed by atoms with Crippen LogP contribution < -0.4 is 20.1 Å². The Morgan fingerprint density at radius 2 is 1.58 bits per heavy atom. The highest BCUT2D eigenvalue weighted by Crippen LogP contribution is 2.42. The summed E-state index contributed by atoms with van der Waals surface area (Å²) in [5, 5.41) is 7.75. The first-order valence-corrected chi connectivity index (χ1v) is 19.5. The smallest absolute Gasteiger partial charge is 0.220 e. The van der Waals surface area contributed by atoms with Crippen molar-refractivity contribution in [2.75, 3.05) is 25.6 Å². The summed E-state index contributed by atoms with van der Waals surface area (Å²) in [6, 6.07) is 12.3. The fraction of sp³-hybridized carbons (Fsp3) is 0.625. The van der Waals surface area contributed by atoms with Crippen LogP contribution in [0.15, 0.2) is 40.9 Å². The highest BCUT2D eigenvalue weighted by molar-refractivity contribution is 9.10. The third-order valence-electron chi connectivity index (χ3n) is 10.6. The molecule has 2 aromatic carbocycles. The van der Waals surface area contributed by atoms with Gasteiger partial charge in [0.25, 0.3) is 0 Å². The number of aromatic nitrogens is 2. The fourth-order valence-corrected chi connectivity index (χ4v) is 8.41. The molecule has 0 unspecified atom stereocenters. The number of nitrogens with zero attached hydrogens (tertiary/aromatic N) is 2. The lowest BCUT2D eigenvalue weighted by Crippen LogP contribution is -2.34. The minimum Gasteiger partial charge on any atom is -0.493 e. The Kier molecular flexibility index (Phi) is 14.2. The lowest BCUT2D eigenvalue weighted by atomic mass is 9.68. The zero-order valence-electron chi connectivity index (χ0n) is 29.5. The number of carbonyl (C=O) groups is 1. The summed E-state index contributed by atoms with van der Waals surface area (Å²) >= 11 is 3.57. The van der Waals surface area contributed by atoms with E-state index in [9.17, 15) is 4.79 Å². The summed E-state index contributed by atoms with van der Waals surface area (Å²) in [6.45, 7) is 5.46. The van der Waals surface area contributed by atoms with Crippen molar-refractivity contribution in [2.45, 2.75) is 123 Å². The van der Waals surface area contributed by atoms with Crippen LogP contribution in [0.1, 0.15) is 127 Å². The third kappa shape index (κ3) is 10.6. The van der Waals surface area contributed by atoms with E-state index in [1.165, 1.54) is 69.8 Å². The van der Waals surface area contributed by atoms with Gasteiger partial charge in [-0.05, 0) is 68.2 Å². The van der Waals surface area contributed by atoms with E-state index in [-0.39, 0.29) is 11.9 Å². The number of benzene rings is 2. The van der Waals surface area contributed by atoms with Crippen molar-refractivity contribution in [3.8, 4) is 11.5 Å². The number of hydrogen-bond acceptors (Lipinski definition) is 6. The Morgan fingerprint density at radius 3 is 2.27 bits per heavy atom. The van der Waals surface area contributed by atoms with Crippen molar-refractivity contribution in [3.05, 3.63) is 52.3 Å². The van der Waals surface area contributed by atoms with E-state index in [4.69, 9.17) is 19.4 Å². The average Bonchev–Trinajstić information content (AvgIpc) is 3.10. The van der Waals surface area contributed by atoms with E-state index in [0.717, 1.165) is 78.1 Å². The zero-order chi connectivity index (χ0) is 33.7. The monoisotopic (exact) mass is 720 g/mol. The summed E-state index contributed by atoms with van der Waals surface area (Å²) in [4.78, 5) is 22.4. The second kappa shape index (κ2) is 18.8. The van der Waals surface area contributed by atoms with Gasteiger partial charge < -0.3 is 20.1 Å². The van der Waals surface area contributed by atoms with Gasteiger partial charge in [-0.15, -0.1) is 0 Å². The predicted molar refractivity (Wildman–Crippen MR) is 200 cm³/mol. The molecular formula is C40H57BrN4O3. The van der Waals surface area contributed by atoms with Crippen molar-refractivity contribution < 1.29 is 14.3 Å². The molecule has 3 aromatic rings. The van der Waals surface area contributed by atoms with Gasteiger partial charge in [-0.25, -0.2) is 9.97 Å². The Labute approximate surface area is 296 Å². The van der Waals surface area contributed by atoms with E-state index in [1.54, 1.807) is 7.11 Å². The molecule has 0 aliphatic heterocycles. The highest BCUT2D eigenvalue weighted by atomic mass is 79.9. The van der Waals surface area contributed by atoms with Crippen LogP contribution in [0.2, 0.25) is 0 Å². The molecule has 0 spiro atoms. The average molecular weight is 722 g/mol. The summed E-state index contributed by atoms with van der Waals surface area (Å²) in [6.07, 6.45) is 19.7. The molecule has 0 radical (unpaired) electrons. The van der Waals surface area contributed by atoms with Gasteiger partial charge in [0.2, 0.25) is 5.91 Å². The number of methoxy groups -OCH3 is 1. The van der Waals surface area contributed by atoms with Gasteiger partial charge in [-0.2, -0.15) is 0 Å². The maximum Gasteiger partial charge on any atom is 0.220 e. The fourth-order valence-electron chi connectivity index (χ4n) is 8.00. The molecule has 2 aliphatic rings. The number of fused-ring (bicyclic) bond motifs is 1. The van der Waals surface area contributed by atoms with E-state index < -0.39 is 0 Å². The van der Waals surface area contributed by atoms with Crippen molar-refractivity contribution in [1.82, 2.24) is 15.3 Å². The van der Waals surface area contributed by atoms with Crippen LogP contribution in [-0.2, 0) is 4.79 Å². The van der Waals surface area contributed by atoms with Crippen molar-refractivity contribution >= 4 is 38.6 Å². The number of unbranched alkanes of at least 4 members (excludes halogenated alkanes) is 4. The summed E-state index contributed by atoms with van der Waals surface area (Å²) in [5.74, 6) is 5.30. The molecule has 1 heterocycles. The van der Waals surface area contributed by atoms with Crippen LogP contribution in [0.25, 0.3) is 10.9 Å². The van der Waals surface area contributed by atoms with Gasteiger partial charge in [0.05, 0.1) is 25.3 Å². The lowest BCUT2D eigenvalue weighted by molar-refractivity contribution is -0.123. The minimum absolute atomic E-state index is 0.0584. The number of ether oxygens (including phenoxy) is 2. The number of anilines is 1. The molecule has 8 heteroatoms. The molecule has 1 aromatic heterocycles. The minimum atomic E-state index is 0.0584. The number of rotatable bonds is 17. The second-order valence-electron chi connectivity index (χ2n) is 14.2. The Bertz CT molecular complexity index is 1440. The zero-order valence-corrected chi connectivity index (χ0v) is 31.1. The topological polar surface area (TPSA) is 85.4 Å². The highest BCUT2D eigenvalue weighted by Gasteiger charge is 2.32. The molecule has 7 nitrogen and oxygen atoms in total. The van der Waals surface area contributed by atoms with E-state index in [0.29, 0.717) is 29.8 Å². The van der Waals surface area contributed by atoms with Gasteiger partial charge in [-0.3, -0.25) is 4.79 Å². The van der Waals surface area contributed by atoms with Gasteiger partial charge in [0, 0.05) is 28.9 Å². The van der Waals surface area contributed by atoms with Gasteiger partial charge in [-0.1, -0.05) is 112 Å². The number of hydrogen-bond donors (Lipinski definition) is 2. The lowest BCUT2D eigenvalue weighted by Gasteiger charge is -2.37. The van der Waals surface area contributed by atoms with Crippen LogP contribution >= 0.6 is 15.9 Å². The van der Waals surface area contributed by atoms with Crippen molar-refractivity contribution in [3.63, 3.8) is 0 Å². The maximum absolute atomic E-state index is 13.0. The predicted octanol–water partition coefficient (Wildman–Crippen LogP) is 10.5. The number of aryl methyl sites for hydroxylation is 1. The van der Waals surface area contributed by atoms with Crippen molar-refractivity contribution in [2.24, 2.45) is 17.8 Å². The van der Waals surface area contributed by atoms with E-state index in [2.05, 4.69) is 45.6 Å². The number of amides is 1. The summed E-state index contributed by atoms with van der Waals surface area (Å²) in [7, 11) is 1.67. The van der Waals surface area contributed by atoms with Crippen LogP contribution in [-0.4, -0.2) is 36.1 Å². The normalized spacial score (nSPS) is 16.6. The first kappa shape index (κ1) is 36.4. The molecule has 2 N–H and O–H groups in total. The quantitative estimate of drug-likeness (QED) is 0.135. The van der Waals surface area contributed by atoms with Gasteiger partial charge in [0.1, 0.15) is 11.6 Å². The molecular weight excluding hydrogens is 664 g/mol. The molecule has 2 saturated carbocycles. The van der Waals surface area contributed by atoms with Gasteiger partial charge >= 0.3 is 0 Å². The van der Waals surface area contributed by atoms with Gasteiger partial charge in [0.15, 0.2) is 11.5 Å². The second-order valence-corrected chi connectivity index (χ2v) is 15.1. The Hall–Kier alpha value is -2.87. The molecule has 2 aliphatic carbocycles. The third-order valence-corrected chi connectivity index (χ3v) is 11.1.